The number of benzene rings is 2. The lowest BCUT2D eigenvalue weighted by Crippen LogP contribution is -2.42. The summed E-state index contributed by atoms with van der Waals surface area (Å²) in [6.07, 6.45) is -8.81. The topological polar surface area (TPSA) is 91.3 Å². The molecule has 2 aliphatic rings. The Morgan fingerprint density at radius 3 is 2.08 bits per heavy atom. The normalized spacial score (nSPS) is 19.5. The molecular weight excluding hydrogens is 709 g/mol. The van der Waals surface area contributed by atoms with Crippen LogP contribution in [0.5, 0.6) is 0 Å². The Hall–Kier alpha value is -3.39. The number of aryl methyl sites for hydroxylation is 1. The summed E-state index contributed by atoms with van der Waals surface area (Å²) in [6.45, 7) is 5.63. The van der Waals surface area contributed by atoms with Crippen LogP contribution in [0.3, 0.4) is 0 Å². The summed E-state index contributed by atoms with van der Waals surface area (Å²) in [5.74, 6) is -3.28. The van der Waals surface area contributed by atoms with Gasteiger partial charge >= 0.3 is 12.4 Å². The second-order valence-electron chi connectivity index (χ2n) is 14.2. The van der Waals surface area contributed by atoms with Crippen molar-refractivity contribution < 1.29 is 35.9 Å². The van der Waals surface area contributed by atoms with Crippen LogP contribution in [-0.2, 0) is 18.4 Å². The number of nitrogens with one attached hydrogen (secondary N) is 3. The third-order valence-electron chi connectivity index (χ3n) is 9.60. The highest BCUT2D eigenvalue weighted by Crippen LogP contribution is 2.40. The largest absolute Gasteiger partial charge is 0.391 e. The summed E-state index contributed by atoms with van der Waals surface area (Å²) in [4.78, 5) is 32.6. The Morgan fingerprint density at radius 1 is 0.900 bits per heavy atom. The van der Waals surface area contributed by atoms with Crippen molar-refractivity contribution in [1.29, 1.82) is 0 Å². The van der Waals surface area contributed by atoms with Gasteiger partial charge in [-0.1, -0.05) is 50.0 Å². The van der Waals surface area contributed by atoms with Crippen molar-refractivity contribution in [2.75, 3.05) is 23.3 Å². The molecule has 3 aromatic rings. The number of hydrogen-bond donors (Lipinski definition) is 3. The molecule has 1 saturated carbocycles. The molecule has 0 atom stereocenters. The zero-order valence-corrected chi connectivity index (χ0v) is 29.6. The van der Waals surface area contributed by atoms with Crippen LogP contribution in [0.15, 0.2) is 24.3 Å². The molecule has 1 aliphatic carbocycles. The highest BCUT2D eigenvalue weighted by atomic mass is 35.5. The average Bonchev–Trinajstić information content (AvgIpc) is 3.34. The maximum Gasteiger partial charge on any atom is 0.391 e. The van der Waals surface area contributed by atoms with E-state index in [1.54, 1.807) is 61.6 Å². The van der Waals surface area contributed by atoms with Crippen LogP contribution in [0.25, 0.3) is 11.0 Å². The van der Waals surface area contributed by atoms with Crippen LogP contribution in [0, 0.1) is 17.3 Å². The summed E-state index contributed by atoms with van der Waals surface area (Å²) in [5, 5.41) is 9.41. The van der Waals surface area contributed by atoms with Gasteiger partial charge in [-0.25, -0.2) is 4.98 Å². The summed E-state index contributed by atoms with van der Waals surface area (Å²) in [6, 6.07) is 6.08. The first-order valence-electron chi connectivity index (χ1n) is 16.5. The Morgan fingerprint density at radius 2 is 1.50 bits per heavy atom. The van der Waals surface area contributed by atoms with Gasteiger partial charge in [0.1, 0.15) is 0 Å². The van der Waals surface area contributed by atoms with Crippen molar-refractivity contribution in [3.05, 3.63) is 45.4 Å². The number of hydrogen-bond acceptors (Lipinski definition) is 5. The van der Waals surface area contributed by atoms with Gasteiger partial charge in [-0.2, -0.15) is 26.3 Å². The molecule has 0 bridgehead atoms. The highest BCUT2D eigenvalue weighted by molar-refractivity contribution is 6.39. The lowest BCUT2D eigenvalue weighted by Gasteiger charge is -2.35. The Bertz CT molecular complexity index is 1740. The van der Waals surface area contributed by atoms with Crippen LogP contribution in [-0.4, -0.2) is 52.8 Å². The Kier molecular flexibility index (Phi) is 10.8. The molecule has 2 aromatic carbocycles. The second-order valence-corrected chi connectivity index (χ2v) is 15.0. The lowest BCUT2D eigenvalue weighted by molar-refractivity contribution is -0.182. The quantitative estimate of drug-likeness (QED) is 0.210. The van der Waals surface area contributed by atoms with Gasteiger partial charge in [-0.15, -0.1) is 0 Å². The van der Waals surface area contributed by atoms with E-state index in [4.69, 9.17) is 23.2 Å². The Labute approximate surface area is 296 Å². The van der Waals surface area contributed by atoms with Gasteiger partial charge in [-0.05, 0) is 62.3 Å². The summed E-state index contributed by atoms with van der Waals surface area (Å²) < 4.78 is 81.8. The van der Waals surface area contributed by atoms with Crippen molar-refractivity contribution in [3.8, 4) is 0 Å². The van der Waals surface area contributed by atoms with Crippen molar-refractivity contribution in [2.24, 2.45) is 24.3 Å². The van der Waals surface area contributed by atoms with Crippen LogP contribution >= 0.6 is 23.2 Å². The number of halogens is 8. The summed E-state index contributed by atoms with van der Waals surface area (Å²) in [5.41, 5.74) is 1.83. The zero-order chi connectivity index (χ0) is 36.8. The average molecular weight is 750 g/mol. The highest BCUT2D eigenvalue weighted by Gasteiger charge is 2.43. The molecule has 1 aromatic heterocycles. The number of nitrogens with zero attached hydrogens (tertiary/aromatic N) is 3. The lowest BCUT2D eigenvalue weighted by atomic mass is 9.85. The number of rotatable bonds is 7. The molecule has 2 amide bonds. The van der Waals surface area contributed by atoms with Crippen LogP contribution in [0.4, 0.5) is 43.7 Å². The first kappa shape index (κ1) is 37.9. The van der Waals surface area contributed by atoms with Crippen LogP contribution in [0.2, 0.25) is 10.0 Å². The fourth-order valence-corrected chi connectivity index (χ4v) is 6.99. The Balaban J connectivity index is 1.45. The van der Waals surface area contributed by atoms with Gasteiger partial charge in [-0.3, -0.25) is 9.59 Å². The number of alkyl halides is 6. The predicted octanol–water partition coefficient (Wildman–Crippen LogP) is 8.92. The number of aromatic nitrogens is 2. The van der Waals surface area contributed by atoms with E-state index in [-0.39, 0.29) is 79.7 Å². The van der Waals surface area contributed by atoms with Gasteiger partial charge in [0.05, 0.1) is 49.9 Å². The zero-order valence-electron chi connectivity index (χ0n) is 28.1. The van der Waals surface area contributed by atoms with E-state index in [1.165, 1.54) is 0 Å². The molecule has 50 heavy (non-hydrogen) atoms. The predicted molar refractivity (Wildman–Crippen MR) is 182 cm³/mol. The molecule has 0 spiro atoms. The number of anilines is 3. The van der Waals surface area contributed by atoms with E-state index in [0.29, 0.717) is 33.9 Å². The van der Waals surface area contributed by atoms with Gasteiger partial charge in [0, 0.05) is 38.1 Å². The SMILES string of the molecule is Cn1c(Nc2c(Cl)ccc(CNC(=O)C(C)(C)C)c2Cl)nc2cc(C(=O)N[C@H]3CC[C@H](C(F)(F)F)CC3)c(N3CCC(C(F)(F)F)CC3)cc21. The number of piperidine rings is 1. The van der Waals surface area contributed by atoms with E-state index in [2.05, 4.69) is 20.9 Å². The van der Waals surface area contributed by atoms with Crippen molar-refractivity contribution in [2.45, 2.75) is 84.2 Å². The molecule has 0 radical (unpaired) electrons. The van der Waals surface area contributed by atoms with E-state index in [1.807, 2.05) is 0 Å². The molecule has 3 N–H and O–H groups in total. The minimum Gasteiger partial charge on any atom is -0.371 e. The van der Waals surface area contributed by atoms with Crippen molar-refractivity contribution in [1.82, 2.24) is 20.2 Å². The molecule has 2 heterocycles. The maximum absolute atomic E-state index is 13.7. The standard InChI is InChI=1S/C34H40Cl2F6N6O2/c1-32(2,3)30(50)43-17-18-5-10-23(35)28(27(18)36)46-31-45-24-15-22(29(49)44-21-8-6-19(7-9-21)33(37,38)39)25(16-26(24)47(31)4)48-13-11-20(12-14-48)34(40,41)42/h5,10,15-16,19-21H,6-9,11-14,17H2,1-4H3,(H,43,50)(H,44,49)(H,45,46)/t19-,21-. The molecule has 5 rings (SSSR count). The van der Waals surface area contributed by atoms with Crippen molar-refractivity contribution >= 4 is 63.4 Å². The molecule has 16 heteroatoms. The summed E-state index contributed by atoms with van der Waals surface area (Å²) >= 11 is 13.3. The monoisotopic (exact) mass is 748 g/mol. The van der Waals surface area contributed by atoms with Gasteiger partial charge in [0.2, 0.25) is 11.9 Å². The molecule has 8 nitrogen and oxygen atoms in total. The molecule has 274 valence electrons. The minimum atomic E-state index is -4.33. The second kappa shape index (κ2) is 14.3. The molecule has 1 aliphatic heterocycles. The van der Waals surface area contributed by atoms with Crippen LogP contribution < -0.4 is 20.9 Å². The fourth-order valence-electron chi connectivity index (χ4n) is 6.46. The summed E-state index contributed by atoms with van der Waals surface area (Å²) in [7, 11) is 1.71. The van der Waals surface area contributed by atoms with E-state index in [0.717, 1.165) is 0 Å². The third kappa shape index (κ3) is 8.38. The van der Waals surface area contributed by atoms with Gasteiger partial charge in [0.15, 0.2) is 0 Å². The number of imidazole rings is 1. The van der Waals surface area contributed by atoms with E-state index >= 15 is 0 Å². The molecule has 1 saturated heterocycles. The van der Waals surface area contributed by atoms with Crippen molar-refractivity contribution in [3.63, 3.8) is 0 Å². The first-order valence-corrected chi connectivity index (χ1v) is 17.2. The van der Waals surface area contributed by atoms with Gasteiger partial charge < -0.3 is 25.4 Å². The van der Waals surface area contributed by atoms with E-state index in [9.17, 15) is 35.9 Å². The van der Waals surface area contributed by atoms with E-state index < -0.39 is 41.6 Å². The minimum absolute atomic E-state index is 0.0549. The smallest absolute Gasteiger partial charge is 0.371 e. The molecular formula is C34H40Cl2F6N6O2. The van der Waals surface area contributed by atoms with Crippen LogP contribution in [0.1, 0.15) is 75.2 Å². The number of fused-ring (bicyclic) bond motifs is 1. The van der Waals surface area contributed by atoms with Gasteiger partial charge in [0.25, 0.3) is 5.91 Å². The fraction of sp³-hybridized carbons (Fsp3) is 0.559. The maximum atomic E-state index is 13.7. The number of carbonyl (C=O) groups is 2. The number of amides is 2. The number of carbonyl (C=O) groups excluding carboxylic acids is 2. The third-order valence-corrected chi connectivity index (χ3v) is 10.3. The molecule has 0 unspecified atom stereocenters. The molecule has 2 fully saturated rings. The first-order chi connectivity index (χ1) is 23.2.